The van der Waals surface area contributed by atoms with Crippen LogP contribution in [0, 0.1) is 13.8 Å². The fraction of sp³-hybridized carbons (Fsp3) is 0.350. The molecule has 28 heavy (non-hydrogen) atoms. The van der Waals surface area contributed by atoms with Crippen molar-refractivity contribution in [3.8, 4) is 22.9 Å². The number of ether oxygens (including phenoxy) is 3. The Balaban J connectivity index is 2.03. The van der Waals surface area contributed by atoms with Gasteiger partial charge < -0.3 is 18.7 Å². The minimum Gasteiger partial charge on any atom is -0.496 e. The monoisotopic (exact) mass is 382 g/mol. The molecule has 0 aliphatic rings. The van der Waals surface area contributed by atoms with E-state index in [9.17, 15) is 0 Å². The quantitative estimate of drug-likeness (QED) is 0.504. The van der Waals surface area contributed by atoms with Crippen LogP contribution in [0.3, 0.4) is 0 Å². The van der Waals surface area contributed by atoms with Gasteiger partial charge in [0.25, 0.3) is 6.01 Å². The molecule has 0 aliphatic heterocycles. The molecule has 1 aromatic carbocycles. The number of methoxy groups -OCH3 is 3. The van der Waals surface area contributed by atoms with Gasteiger partial charge in [-0.2, -0.15) is 4.98 Å². The Kier molecular flexibility index (Phi) is 4.64. The lowest BCUT2D eigenvalue weighted by Gasteiger charge is -2.12. The Bertz CT molecular complexity index is 1140. The number of nitrogens with zero attached hydrogens (tertiary/aromatic N) is 4. The Morgan fingerprint density at radius 3 is 2.54 bits per heavy atom. The van der Waals surface area contributed by atoms with Crippen molar-refractivity contribution in [3.63, 3.8) is 0 Å². The van der Waals surface area contributed by atoms with E-state index in [0.29, 0.717) is 19.2 Å². The summed E-state index contributed by atoms with van der Waals surface area (Å²) >= 11 is 0. The predicted octanol–water partition coefficient (Wildman–Crippen LogP) is 3.52. The third kappa shape index (κ3) is 2.77. The maximum atomic E-state index is 5.71. The third-order valence-corrected chi connectivity index (χ3v) is 4.86. The second-order valence-electron chi connectivity index (χ2n) is 6.50. The molecule has 4 rings (SSSR count). The number of aromatic nitrogens is 4. The molecule has 3 aromatic heterocycles. The van der Waals surface area contributed by atoms with Gasteiger partial charge in [-0.25, -0.2) is 0 Å². The number of hydrogen-bond acceptors (Lipinski definition) is 7. The van der Waals surface area contributed by atoms with Crippen molar-refractivity contribution >= 4 is 21.9 Å². The average Bonchev–Trinajstić information content (AvgIpc) is 3.24. The largest absolute Gasteiger partial charge is 0.496 e. The molecule has 3 heterocycles. The molecule has 0 saturated carbocycles. The summed E-state index contributed by atoms with van der Waals surface area (Å²) in [4.78, 5) is 9.16. The van der Waals surface area contributed by atoms with E-state index in [0.717, 1.165) is 50.3 Å². The number of imidazole rings is 1. The van der Waals surface area contributed by atoms with Crippen molar-refractivity contribution in [3.05, 3.63) is 29.8 Å². The van der Waals surface area contributed by atoms with Crippen molar-refractivity contribution in [2.45, 2.75) is 20.4 Å². The molecule has 0 spiro atoms. The normalized spacial score (nSPS) is 11.5. The van der Waals surface area contributed by atoms with Crippen molar-refractivity contribution in [2.24, 2.45) is 0 Å². The summed E-state index contributed by atoms with van der Waals surface area (Å²) in [6.07, 6.45) is 1.76. The highest BCUT2D eigenvalue weighted by molar-refractivity contribution is 6.05. The van der Waals surface area contributed by atoms with Gasteiger partial charge in [0.15, 0.2) is 0 Å². The minimum absolute atomic E-state index is 0.523. The van der Waals surface area contributed by atoms with Crippen LogP contribution in [-0.2, 0) is 11.3 Å². The van der Waals surface area contributed by atoms with E-state index in [1.807, 2.05) is 30.5 Å². The highest BCUT2D eigenvalue weighted by Crippen LogP contribution is 2.39. The lowest BCUT2D eigenvalue weighted by molar-refractivity contribution is 0.184. The number of benzene rings is 1. The predicted molar refractivity (Wildman–Crippen MR) is 105 cm³/mol. The lowest BCUT2D eigenvalue weighted by Crippen LogP contribution is -2.06. The van der Waals surface area contributed by atoms with Crippen molar-refractivity contribution in [1.82, 2.24) is 19.7 Å². The van der Waals surface area contributed by atoms with E-state index in [2.05, 4.69) is 15.1 Å². The summed E-state index contributed by atoms with van der Waals surface area (Å²) in [6.45, 7) is 4.96. The van der Waals surface area contributed by atoms with Crippen molar-refractivity contribution in [2.75, 3.05) is 27.9 Å². The molecule has 0 amide bonds. The zero-order valence-corrected chi connectivity index (χ0v) is 16.6. The maximum absolute atomic E-state index is 5.71. The Hall–Kier alpha value is -3.13. The number of hydrogen-bond donors (Lipinski definition) is 0. The van der Waals surface area contributed by atoms with Gasteiger partial charge in [0, 0.05) is 18.1 Å². The lowest BCUT2D eigenvalue weighted by atomic mass is 10.0. The van der Waals surface area contributed by atoms with Crippen LogP contribution < -0.4 is 9.47 Å². The second-order valence-corrected chi connectivity index (χ2v) is 6.50. The number of pyridine rings is 1. The Morgan fingerprint density at radius 1 is 1.07 bits per heavy atom. The molecule has 8 nitrogen and oxygen atoms in total. The first kappa shape index (κ1) is 18.2. The zero-order valence-electron chi connectivity index (χ0n) is 16.6. The van der Waals surface area contributed by atoms with E-state index >= 15 is 0 Å². The first-order valence-corrected chi connectivity index (χ1v) is 8.92. The Morgan fingerprint density at radius 2 is 1.89 bits per heavy atom. The third-order valence-electron chi connectivity index (χ3n) is 4.86. The van der Waals surface area contributed by atoms with Gasteiger partial charge in [-0.3, -0.25) is 9.55 Å². The average molecular weight is 382 g/mol. The van der Waals surface area contributed by atoms with Crippen LogP contribution >= 0.6 is 0 Å². The fourth-order valence-corrected chi connectivity index (χ4v) is 3.60. The van der Waals surface area contributed by atoms with E-state index in [1.54, 1.807) is 27.5 Å². The van der Waals surface area contributed by atoms with Crippen LogP contribution in [0.4, 0.5) is 0 Å². The molecule has 146 valence electrons. The molecule has 8 heteroatoms. The van der Waals surface area contributed by atoms with Crippen LogP contribution in [0.2, 0.25) is 0 Å². The molecule has 0 aliphatic carbocycles. The van der Waals surface area contributed by atoms with Gasteiger partial charge in [-0.05, 0) is 26.0 Å². The molecule has 0 bridgehead atoms. The summed E-state index contributed by atoms with van der Waals surface area (Å²) in [6, 6.07) is 4.51. The van der Waals surface area contributed by atoms with Crippen LogP contribution in [-0.4, -0.2) is 47.6 Å². The summed E-state index contributed by atoms with van der Waals surface area (Å²) in [5.41, 5.74) is 5.14. The highest BCUT2D eigenvalue weighted by atomic mass is 16.5. The maximum Gasteiger partial charge on any atom is 0.297 e. The van der Waals surface area contributed by atoms with Crippen LogP contribution in [0.15, 0.2) is 22.9 Å². The van der Waals surface area contributed by atoms with Gasteiger partial charge in [0.05, 0.1) is 55.9 Å². The highest BCUT2D eigenvalue weighted by Gasteiger charge is 2.20. The molecule has 0 saturated heterocycles. The molecule has 0 N–H and O–H groups in total. The number of aryl methyl sites for hydroxylation is 2. The summed E-state index contributed by atoms with van der Waals surface area (Å²) < 4.78 is 23.8. The molecule has 4 aromatic rings. The van der Waals surface area contributed by atoms with E-state index < -0.39 is 0 Å². The summed E-state index contributed by atoms with van der Waals surface area (Å²) in [5, 5.41) is 4.99. The molecule has 0 atom stereocenters. The standard InChI is InChI=1S/C20H22N4O4/c1-11-18(12(2)28-23-11)14-8-15-13(9-17(14)26-4)19-16(10-21-15)22-20(27-5)24(19)6-7-25-3/h8-10H,6-7H2,1-5H3. The van der Waals surface area contributed by atoms with Crippen LogP contribution in [0.25, 0.3) is 33.1 Å². The molecular weight excluding hydrogens is 360 g/mol. The van der Waals surface area contributed by atoms with Gasteiger partial charge in [0.2, 0.25) is 0 Å². The molecule has 0 unspecified atom stereocenters. The van der Waals surface area contributed by atoms with Gasteiger partial charge in [-0.1, -0.05) is 5.16 Å². The van der Waals surface area contributed by atoms with Gasteiger partial charge in [-0.15, -0.1) is 0 Å². The van der Waals surface area contributed by atoms with Gasteiger partial charge in [0.1, 0.15) is 17.0 Å². The SMILES string of the molecule is COCCn1c(OC)nc2cnc3cc(-c4c(C)noc4C)c(OC)cc3c21. The first-order chi connectivity index (χ1) is 13.6. The van der Waals surface area contributed by atoms with Gasteiger partial charge >= 0.3 is 0 Å². The smallest absolute Gasteiger partial charge is 0.297 e. The van der Waals surface area contributed by atoms with Crippen molar-refractivity contribution in [1.29, 1.82) is 0 Å². The molecule has 0 radical (unpaired) electrons. The topological polar surface area (TPSA) is 84.4 Å². The number of fused-ring (bicyclic) bond motifs is 3. The first-order valence-electron chi connectivity index (χ1n) is 8.92. The summed E-state index contributed by atoms with van der Waals surface area (Å²) in [7, 11) is 4.93. The van der Waals surface area contributed by atoms with E-state index in [-0.39, 0.29) is 0 Å². The Labute approximate surface area is 162 Å². The number of rotatable bonds is 6. The molecule has 0 fully saturated rings. The molecular formula is C20H22N4O4. The fourth-order valence-electron chi connectivity index (χ4n) is 3.60. The minimum atomic E-state index is 0.523. The zero-order chi connectivity index (χ0) is 19.8. The second kappa shape index (κ2) is 7.12. The van der Waals surface area contributed by atoms with E-state index in [1.165, 1.54) is 0 Å². The van der Waals surface area contributed by atoms with Crippen LogP contribution in [0.1, 0.15) is 11.5 Å². The summed E-state index contributed by atoms with van der Waals surface area (Å²) in [5.74, 6) is 1.46. The van der Waals surface area contributed by atoms with Crippen molar-refractivity contribution < 1.29 is 18.7 Å². The van der Waals surface area contributed by atoms with Crippen LogP contribution in [0.5, 0.6) is 11.8 Å². The van der Waals surface area contributed by atoms with E-state index in [4.69, 9.17) is 18.7 Å².